The maximum Gasteiger partial charge on any atom is 0.257 e. The molecule has 0 aromatic carbocycles. The van der Waals surface area contributed by atoms with Crippen LogP contribution >= 0.6 is 0 Å². The number of ether oxygens (including phenoxy) is 3. The van der Waals surface area contributed by atoms with E-state index in [4.69, 9.17) is 19.9 Å². The maximum absolute atomic E-state index is 5.93. The minimum Gasteiger partial charge on any atom is -0.484 e. The summed E-state index contributed by atoms with van der Waals surface area (Å²) in [6.07, 6.45) is 5.64. The average Bonchev–Trinajstić information content (AvgIpc) is 2.74. The van der Waals surface area contributed by atoms with Crippen molar-refractivity contribution in [3.8, 4) is 28.8 Å². The smallest absolute Gasteiger partial charge is 0.257 e. The number of nitrogen functional groups attached to an aromatic ring is 1. The fourth-order valence-electron chi connectivity index (χ4n) is 2.92. The van der Waals surface area contributed by atoms with Crippen LogP contribution in [0.5, 0.6) is 17.5 Å². The van der Waals surface area contributed by atoms with E-state index < -0.39 is 0 Å². The summed E-state index contributed by atoms with van der Waals surface area (Å²) in [4.78, 5) is 17.0. The number of methoxy groups -OCH3 is 1. The fourth-order valence-corrected chi connectivity index (χ4v) is 2.92. The lowest BCUT2D eigenvalue weighted by Gasteiger charge is -2.19. The van der Waals surface area contributed by atoms with Crippen molar-refractivity contribution in [2.24, 2.45) is 0 Å². The van der Waals surface area contributed by atoms with Crippen molar-refractivity contribution in [2.75, 3.05) is 37.9 Å². The number of fused-ring (bicyclic) bond motifs is 1. The van der Waals surface area contributed by atoms with Crippen LogP contribution in [-0.2, 0) is 6.42 Å². The minimum atomic E-state index is 0.392. The largest absolute Gasteiger partial charge is 0.484 e. The molecule has 144 valence electrons. The molecule has 0 unspecified atom stereocenters. The van der Waals surface area contributed by atoms with E-state index in [0.29, 0.717) is 43.0 Å². The van der Waals surface area contributed by atoms with Crippen LogP contribution in [0.25, 0.3) is 11.3 Å². The molecule has 0 saturated heterocycles. The molecule has 0 atom stereocenters. The van der Waals surface area contributed by atoms with Crippen molar-refractivity contribution >= 4 is 11.5 Å². The zero-order chi connectivity index (χ0) is 19.3. The van der Waals surface area contributed by atoms with E-state index in [1.54, 1.807) is 18.5 Å². The Morgan fingerprint density at radius 2 is 2.04 bits per heavy atom. The number of nitrogens with two attached hydrogens (primary N) is 1. The Morgan fingerprint density at radius 1 is 1.14 bits per heavy atom. The summed E-state index contributed by atoms with van der Waals surface area (Å²) < 4.78 is 16.3. The Bertz CT molecular complexity index is 982. The molecule has 28 heavy (non-hydrogen) atoms. The molecule has 3 aromatic rings. The fraction of sp³-hybridized carbons (Fsp3) is 0.263. The molecule has 0 spiro atoms. The van der Waals surface area contributed by atoms with Crippen LogP contribution in [0.1, 0.15) is 5.56 Å². The summed E-state index contributed by atoms with van der Waals surface area (Å²) in [7, 11) is 1.53. The van der Waals surface area contributed by atoms with Crippen molar-refractivity contribution in [1.29, 1.82) is 0 Å². The highest BCUT2D eigenvalue weighted by molar-refractivity contribution is 5.67. The summed E-state index contributed by atoms with van der Waals surface area (Å²) in [5.74, 6) is 2.37. The van der Waals surface area contributed by atoms with Gasteiger partial charge in [0.15, 0.2) is 5.75 Å². The molecule has 4 heterocycles. The molecule has 0 fully saturated rings. The first-order chi connectivity index (χ1) is 13.7. The lowest BCUT2D eigenvalue weighted by Crippen LogP contribution is -2.18. The minimum absolute atomic E-state index is 0.392. The summed E-state index contributed by atoms with van der Waals surface area (Å²) in [5, 5.41) is 3.30. The van der Waals surface area contributed by atoms with Gasteiger partial charge in [0.1, 0.15) is 25.4 Å². The molecular formula is C19H20N6O3. The number of pyridine rings is 2. The van der Waals surface area contributed by atoms with Crippen molar-refractivity contribution in [2.45, 2.75) is 6.42 Å². The zero-order valence-corrected chi connectivity index (χ0v) is 15.4. The molecule has 3 N–H and O–H groups in total. The van der Waals surface area contributed by atoms with Gasteiger partial charge in [-0.05, 0) is 18.6 Å². The van der Waals surface area contributed by atoms with Gasteiger partial charge in [-0.25, -0.2) is 19.9 Å². The first kappa shape index (κ1) is 17.8. The number of nitrogens with one attached hydrogen (secondary N) is 1. The third-order valence-corrected chi connectivity index (χ3v) is 4.26. The van der Waals surface area contributed by atoms with Crippen LogP contribution in [0, 0.1) is 0 Å². The third kappa shape index (κ3) is 3.73. The number of hydrogen-bond acceptors (Lipinski definition) is 9. The van der Waals surface area contributed by atoms with E-state index >= 15 is 0 Å². The monoisotopic (exact) mass is 380 g/mol. The Kier molecular flexibility index (Phi) is 5.05. The van der Waals surface area contributed by atoms with E-state index in [1.807, 2.05) is 12.1 Å². The molecule has 9 heteroatoms. The molecule has 1 aliphatic heterocycles. The molecule has 3 aromatic heterocycles. The topological polar surface area (TPSA) is 117 Å². The van der Waals surface area contributed by atoms with Crippen molar-refractivity contribution in [3.63, 3.8) is 0 Å². The number of rotatable bonds is 6. The van der Waals surface area contributed by atoms with Gasteiger partial charge in [-0.1, -0.05) is 0 Å². The lowest BCUT2D eigenvalue weighted by atomic mass is 10.1. The first-order valence-electron chi connectivity index (χ1n) is 8.84. The molecule has 0 saturated carbocycles. The number of anilines is 2. The SMILES string of the molecule is COc1ncc(-c2cc(NCCc3ccnc4c3OCCO4)ncn2)cc1N. The number of aromatic nitrogens is 4. The highest BCUT2D eigenvalue weighted by atomic mass is 16.6. The Hall–Kier alpha value is -3.62. The summed E-state index contributed by atoms with van der Waals surface area (Å²) in [6.45, 7) is 1.73. The van der Waals surface area contributed by atoms with E-state index in [-0.39, 0.29) is 0 Å². The van der Waals surface area contributed by atoms with Crippen LogP contribution in [-0.4, -0.2) is 46.8 Å². The Balaban J connectivity index is 1.44. The number of nitrogens with zero attached hydrogens (tertiary/aromatic N) is 4. The summed E-state index contributed by atoms with van der Waals surface area (Å²) in [5.41, 5.74) is 8.94. The molecule has 0 aliphatic carbocycles. The number of hydrogen-bond donors (Lipinski definition) is 2. The molecule has 0 amide bonds. The van der Waals surface area contributed by atoms with Crippen LogP contribution in [0.3, 0.4) is 0 Å². The molecule has 1 aliphatic rings. The highest BCUT2D eigenvalue weighted by Crippen LogP contribution is 2.31. The summed E-state index contributed by atoms with van der Waals surface area (Å²) in [6, 6.07) is 5.56. The van der Waals surface area contributed by atoms with Gasteiger partial charge in [0.25, 0.3) is 5.88 Å². The molecule has 0 bridgehead atoms. The Labute approximate surface area is 161 Å². The maximum atomic E-state index is 5.93. The van der Waals surface area contributed by atoms with Crippen LogP contribution in [0.2, 0.25) is 0 Å². The van der Waals surface area contributed by atoms with Gasteiger partial charge in [0.05, 0.1) is 18.5 Å². The Morgan fingerprint density at radius 3 is 2.89 bits per heavy atom. The van der Waals surface area contributed by atoms with Crippen molar-refractivity contribution < 1.29 is 14.2 Å². The predicted octanol–water partition coefficient (Wildman–Crippen LogP) is 1.95. The van der Waals surface area contributed by atoms with Crippen LogP contribution < -0.4 is 25.3 Å². The van der Waals surface area contributed by atoms with Gasteiger partial charge in [-0.15, -0.1) is 0 Å². The predicted molar refractivity (Wildman–Crippen MR) is 104 cm³/mol. The van der Waals surface area contributed by atoms with Crippen molar-refractivity contribution in [3.05, 3.63) is 42.5 Å². The van der Waals surface area contributed by atoms with E-state index in [0.717, 1.165) is 29.0 Å². The molecule has 9 nitrogen and oxygen atoms in total. The van der Waals surface area contributed by atoms with Crippen LogP contribution in [0.15, 0.2) is 36.9 Å². The standard InChI is InChI=1S/C19H20N6O3/c1-26-18-14(20)8-13(10-23-18)15-9-16(25-11-24-15)21-4-2-12-3-5-22-19-17(12)27-6-7-28-19/h3,5,8-11H,2,4,6-7,20H2,1H3,(H,21,24,25). The van der Waals surface area contributed by atoms with Crippen molar-refractivity contribution in [1.82, 2.24) is 19.9 Å². The van der Waals surface area contributed by atoms with Crippen LogP contribution in [0.4, 0.5) is 11.5 Å². The summed E-state index contributed by atoms with van der Waals surface area (Å²) >= 11 is 0. The van der Waals surface area contributed by atoms with Gasteiger partial charge < -0.3 is 25.3 Å². The highest BCUT2D eigenvalue weighted by Gasteiger charge is 2.16. The van der Waals surface area contributed by atoms with Gasteiger partial charge in [-0.3, -0.25) is 0 Å². The second-order valence-corrected chi connectivity index (χ2v) is 6.09. The van der Waals surface area contributed by atoms with Gasteiger partial charge in [0.2, 0.25) is 5.88 Å². The van der Waals surface area contributed by atoms with Gasteiger partial charge in [-0.2, -0.15) is 0 Å². The lowest BCUT2D eigenvalue weighted by molar-refractivity contribution is 0.163. The van der Waals surface area contributed by atoms with E-state index in [2.05, 4.69) is 25.3 Å². The first-order valence-corrected chi connectivity index (χ1v) is 8.84. The normalized spacial score (nSPS) is 12.5. The second-order valence-electron chi connectivity index (χ2n) is 6.09. The van der Waals surface area contributed by atoms with Gasteiger partial charge in [0, 0.05) is 36.1 Å². The average molecular weight is 380 g/mol. The van der Waals surface area contributed by atoms with E-state index in [9.17, 15) is 0 Å². The molecule has 4 rings (SSSR count). The van der Waals surface area contributed by atoms with Gasteiger partial charge >= 0.3 is 0 Å². The molecule has 0 radical (unpaired) electrons. The second kappa shape index (κ2) is 7.95. The molecular weight excluding hydrogens is 360 g/mol. The zero-order valence-electron chi connectivity index (χ0n) is 15.4. The third-order valence-electron chi connectivity index (χ3n) is 4.26. The van der Waals surface area contributed by atoms with E-state index in [1.165, 1.54) is 13.4 Å². The quantitative estimate of drug-likeness (QED) is 0.661.